The summed E-state index contributed by atoms with van der Waals surface area (Å²) < 4.78 is 10.7. The van der Waals surface area contributed by atoms with Gasteiger partial charge in [-0.15, -0.1) is 0 Å². The second-order valence-corrected chi connectivity index (χ2v) is 5.44. The van der Waals surface area contributed by atoms with Crippen LogP contribution < -0.4 is 0 Å². The van der Waals surface area contributed by atoms with Crippen molar-refractivity contribution in [1.82, 2.24) is 0 Å². The second kappa shape index (κ2) is 5.39. The zero-order chi connectivity index (χ0) is 14.1. The van der Waals surface area contributed by atoms with E-state index in [0.29, 0.717) is 6.61 Å². The van der Waals surface area contributed by atoms with Crippen molar-refractivity contribution in [3.05, 3.63) is 59.2 Å². The maximum absolute atomic E-state index is 5.61. The van der Waals surface area contributed by atoms with Gasteiger partial charge >= 0.3 is 0 Å². The summed E-state index contributed by atoms with van der Waals surface area (Å²) in [6.45, 7) is 4.99. The smallest absolute Gasteiger partial charge is 0.112 e. The molecule has 0 amide bonds. The number of epoxide rings is 1. The van der Waals surface area contributed by atoms with Crippen molar-refractivity contribution in [3.8, 4) is 11.1 Å². The fraction of sp³-hybridized carbons (Fsp3) is 0.333. The number of aryl methyl sites for hydroxylation is 2. The third-order valence-electron chi connectivity index (χ3n) is 3.92. The topological polar surface area (TPSA) is 21.8 Å². The zero-order valence-corrected chi connectivity index (χ0v) is 12.2. The van der Waals surface area contributed by atoms with Crippen LogP contribution in [0.5, 0.6) is 0 Å². The van der Waals surface area contributed by atoms with E-state index in [1.165, 1.54) is 27.8 Å². The lowest BCUT2D eigenvalue weighted by molar-refractivity contribution is 0.171. The minimum atomic E-state index is 0.210. The first kappa shape index (κ1) is 13.3. The molecule has 1 fully saturated rings. The van der Waals surface area contributed by atoms with Gasteiger partial charge in [0.1, 0.15) is 12.2 Å². The summed E-state index contributed by atoms with van der Waals surface area (Å²) in [4.78, 5) is 0. The first-order chi connectivity index (χ1) is 9.70. The van der Waals surface area contributed by atoms with Crippen molar-refractivity contribution in [1.29, 1.82) is 0 Å². The van der Waals surface area contributed by atoms with Crippen molar-refractivity contribution >= 4 is 0 Å². The molecule has 2 heteroatoms. The molecule has 2 aromatic rings. The van der Waals surface area contributed by atoms with Crippen molar-refractivity contribution in [3.63, 3.8) is 0 Å². The van der Waals surface area contributed by atoms with Gasteiger partial charge in [0.25, 0.3) is 0 Å². The minimum Gasteiger partial charge on any atom is -0.382 e. The largest absolute Gasteiger partial charge is 0.382 e. The first-order valence-electron chi connectivity index (χ1n) is 7.01. The molecule has 0 bridgehead atoms. The Morgan fingerprint density at radius 3 is 2.25 bits per heavy atom. The SMILES string of the molecule is COC[C@@H]1O[C@@H]1c1ccc(-c2c(C)cccc2C)cc1. The lowest BCUT2D eigenvalue weighted by Gasteiger charge is -2.10. The number of hydrogen-bond acceptors (Lipinski definition) is 2. The van der Waals surface area contributed by atoms with Crippen LogP contribution in [-0.2, 0) is 9.47 Å². The summed E-state index contributed by atoms with van der Waals surface area (Å²) in [6.07, 6.45) is 0.438. The normalized spacial score (nSPS) is 20.9. The molecule has 2 nitrogen and oxygen atoms in total. The number of ether oxygens (including phenoxy) is 2. The Balaban J connectivity index is 1.84. The van der Waals surface area contributed by atoms with E-state index >= 15 is 0 Å². The van der Waals surface area contributed by atoms with Crippen LogP contribution in [0.15, 0.2) is 42.5 Å². The summed E-state index contributed by atoms with van der Waals surface area (Å²) in [6, 6.07) is 15.1. The van der Waals surface area contributed by atoms with E-state index in [2.05, 4.69) is 56.3 Å². The molecular weight excluding hydrogens is 248 g/mol. The number of hydrogen-bond donors (Lipinski definition) is 0. The van der Waals surface area contributed by atoms with Crippen molar-refractivity contribution in [2.45, 2.75) is 26.1 Å². The molecule has 20 heavy (non-hydrogen) atoms. The lowest BCUT2D eigenvalue weighted by atomic mass is 9.95. The second-order valence-electron chi connectivity index (χ2n) is 5.44. The molecule has 2 aromatic carbocycles. The molecule has 1 saturated heterocycles. The average molecular weight is 268 g/mol. The third-order valence-corrected chi connectivity index (χ3v) is 3.92. The monoisotopic (exact) mass is 268 g/mol. The van der Waals surface area contributed by atoms with Crippen LogP contribution in [0.1, 0.15) is 22.8 Å². The zero-order valence-electron chi connectivity index (χ0n) is 12.2. The highest BCUT2D eigenvalue weighted by Gasteiger charge is 2.39. The molecule has 0 N–H and O–H groups in total. The lowest BCUT2D eigenvalue weighted by Crippen LogP contribution is -1.98. The molecule has 104 valence electrons. The Kier molecular flexibility index (Phi) is 3.60. The highest BCUT2D eigenvalue weighted by atomic mass is 16.6. The number of rotatable bonds is 4. The summed E-state index contributed by atoms with van der Waals surface area (Å²) in [7, 11) is 1.71. The van der Waals surface area contributed by atoms with Gasteiger partial charge in [-0.25, -0.2) is 0 Å². The van der Waals surface area contributed by atoms with Gasteiger partial charge in [0.05, 0.1) is 6.61 Å². The van der Waals surface area contributed by atoms with Gasteiger partial charge < -0.3 is 9.47 Å². The van der Waals surface area contributed by atoms with Gasteiger partial charge in [-0.3, -0.25) is 0 Å². The Morgan fingerprint density at radius 1 is 1.00 bits per heavy atom. The molecular formula is C18H20O2. The standard InChI is InChI=1S/C18H20O2/c1-12-5-4-6-13(2)17(12)14-7-9-15(10-8-14)18-16(20-18)11-19-3/h4-10,16,18H,11H2,1-3H3/t16-,18+/m0/s1. The van der Waals surface area contributed by atoms with Crippen LogP contribution in [0, 0.1) is 13.8 Å². The van der Waals surface area contributed by atoms with E-state index < -0.39 is 0 Å². The van der Waals surface area contributed by atoms with E-state index in [1.807, 2.05) is 0 Å². The first-order valence-corrected chi connectivity index (χ1v) is 7.01. The average Bonchev–Trinajstić information content (AvgIpc) is 3.19. The van der Waals surface area contributed by atoms with Crippen LogP contribution in [0.3, 0.4) is 0 Å². The minimum absolute atomic E-state index is 0.210. The fourth-order valence-corrected chi connectivity index (χ4v) is 2.84. The quantitative estimate of drug-likeness (QED) is 0.780. The van der Waals surface area contributed by atoms with E-state index in [-0.39, 0.29) is 12.2 Å². The van der Waals surface area contributed by atoms with Gasteiger partial charge in [-0.05, 0) is 41.7 Å². The van der Waals surface area contributed by atoms with E-state index in [1.54, 1.807) is 7.11 Å². The molecule has 2 atom stereocenters. The van der Waals surface area contributed by atoms with Gasteiger partial charge in [-0.1, -0.05) is 42.5 Å². The van der Waals surface area contributed by atoms with Crippen LogP contribution in [0.4, 0.5) is 0 Å². The molecule has 1 aliphatic heterocycles. The Morgan fingerprint density at radius 2 is 1.65 bits per heavy atom. The van der Waals surface area contributed by atoms with Gasteiger partial charge in [0, 0.05) is 7.11 Å². The van der Waals surface area contributed by atoms with Crippen LogP contribution >= 0.6 is 0 Å². The van der Waals surface area contributed by atoms with Crippen LogP contribution in [-0.4, -0.2) is 19.8 Å². The fourth-order valence-electron chi connectivity index (χ4n) is 2.84. The Labute approximate surface area is 120 Å². The summed E-state index contributed by atoms with van der Waals surface area (Å²) in [5, 5.41) is 0. The summed E-state index contributed by atoms with van der Waals surface area (Å²) in [5.74, 6) is 0. The predicted octanol–water partition coefficient (Wildman–Crippen LogP) is 4.06. The molecule has 0 unspecified atom stereocenters. The van der Waals surface area contributed by atoms with E-state index in [0.717, 1.165) is 0 Å². The molecule has 0 aliphatic carbocycles. The predicted molar refractivity (Wildman–Crippen MR) is 80.8 cm³/mol. The van der Waals surface area contributed by atoms with Gasteiger partial charge in [0.2, 0.25) is 0 Å². The summed E-state index contributed by atoms with van der Waals surface area (Å²) >= 11 is 0. The van der Waals surface area contributed by atoms with E-state index in [4.69, 9.17) is 9.47 Å². The number of benzene rings is 2. The molecule has 3 rings (SSSR count). The number of methoxy groups -OCH3 is 1. The van der Waals surface area contributed by atoms with Crippen LogP contribution in [0.2, 0.25) is 0 Å². The van der Waals surface area contributed by atoms with Crippen LogP contribution in [0.25, 0.3) is 11.1 Å². The Hall–Kier alpha value is -1.64. The van der Waals surface area contributed by atoms with Gasteiger partial charge in [-0.2, -0.15) is 0 Å². The third kappa shape index (κ3) is 2.49. The maximum Gasteiger partial charge on any atom is 0.112 e. The molecule has 0 spiro atoms. The molecule has 0 saturated carbocycles. The molecule has 1 heterocycles. The summed E-state index contributed by atoms with van der Waals surface area (Å²) in [5.41, 5.74) is 6.48. The highest BCUT2D eigenvalue weighted by Crippen LogP contribution is 2.39. The molecule has 1 aliphatic rings. The maximum atomic E-state index is 5.61. The van der Waals surface area contributed by atoms with Crippen molar-refractivity contribution in [2.24, 2.45) is 0 Å². The van der Waals surface area contributed by atoms with Crippen molar-refractivity contribution < 1.29 is 9.47 Å². The molecule has 0 radical (unpaired) electrons. The van der Waals surface area contributed by atoms with Crippen molar-refractivity contribution in [2.75, 3.05) is 13.7 Å². The van der Waals surface area contributed by atoms with E-state index in [9.17, 15) is 0 Å². The highest BCUT2D eigenvalue weighted by molar-refractivity contribution is 5.70. The Bertz CT molecular complexity index is 581. The van der Waals surface area contributed by atoms with Gasteiger partial charge in [0.15, 0.2) is 0 Å². The molecule has 0 aromatic heterocycles.